The molecule has 12 nitrogen and oxygen atoms in total. The Morgan fingerprint density at radius 1 is 1.11 bits per heavy atom. The van der Waals surface area contributed by atoms with Crippen molar-refractivity contribution < 1.29 is 5.11 Å². The van der Waals surface area contributed by atoms with Crippen molar-refractivity contribution in [2.45, 2.75) is 18.9 Å². The van der Waals surface area contributed by atoms with Crippen molar-refractivity contribution in [3.63, 3.8) is 0 Å². The van der Waals surface area contributed by atoms with Gasteiger partial charge in [-0.2, -0.15) is 14.9 Å². The second kappa shape index (κ2) is 8.28. The standard InChI is InChI=1S/C23H22N10O2/c24-11-14-1-4-18(25-12-14)31-5-7-32(8-6-31)19-10-20(27-16-2-3-16)33-21(29-19)15(13-26-33)9-17-22(34)30-23(35)28-17/h1,4,9-10,12-13,16,34H,2-3,5-8H2,(H2,28,30,35)/b15-9+,27-20?. The lowest BCUT2D eigenvalue weighted by molar-refractivity contribution is 0.454. The van der Waals surface area contributed by atoms with E-state index in [-0.39, 0.29) is 11.6 Å². The number of imidazole rings is 1. The molecule has 1 saturated heterocycles. The van der Waals surface area contributed by atoms with Gasteiger partial charge in [-0.15, -0.1) is 0 Å². The van der Waals surface area contributed by atoms with Crippen molar-refractivity contribution in [1.82, 2.24) is 29.5 Å². The highest BCUT2D eigenvalue weighted by Crippen LogP contribution is 2.23. The lowest BCUT2D eigenvalue weighted by Gasteiger charge is -2.36. The number of H-pyrrole nitrogens is 2. The highest BCUT2D eigenvalue weighted by atomic mass is 16.3. The van der Waals surface area contributed by atoms with E-state index in [0.717, 1.165) is 56.1 Å². The van der Waals surface area contributed by atoms with Crippen molar-refractivity contribution >= 4 is 23.4 Å². The monoisotopic (exact) mass is 470 g/mol. The van der Waals surface area contributed by atoms with Crippen LogP contribution in [0.15, 0.2) is 40.4 Å². The highest BCUT2D eigenvalue weighted by Gasteiger charge is 2.23. The summed E-state index contributed by atoms with van der Waals surface area (Å²) in [6.45, 7) is 3.01. The van der Waals surface area contributed by atoms with Crippen molar-refractivity contribution in [3.8, 4) is 11.9 Å². The quantitative estimate of drug-likeness (QED) is 0.366. The third-order valence-electron chi connectivity index (χ3n) is 6.17. The number of hydrogen-bond acceptors (Lipinski definition) is 9. The molecule has 1 aliphatic heterocycles. The first-order chi connectivity index (χ1) is 17.1. The number of rotatable bonds is 4. The molecule has 0 unspecified atom stereocenters. The van der Waals surface area contributed by atoms with Crippen LogP contribution < -0.4 is 26.2 Å². The van der Waals surface area contributed by atoms with Crippen LogP contribution in [0.25, 0.3) is 11.7 Å². The molecule has 0 bridgehead atoms. The zero-order chi connectivity index (χ0) is 23.9. The second-order valence-electron chi connectivity index (χ2n) is 8.64. The number of nitrogens with one attached hydrogen (secondary N) is 2. The Kier molecular flexibility index (Phi) is 4.95. The topological polar surface area (TPSA) is 155 Å². The molecule has 0 aromatic carbocycles. The predicted octanol–water partition coefficient (Wildman–Crippen LogP) is -0.345. The largest absolute Gasteiger partial charge is 0.493 e. The molecule has 1 aliphatic carbocycles. The first-order valence-electron chi connectivity index (χ1n) is 11.4. The molecule has 6 rings (SSSR count). The molecule has 0 amide bonds. The zero-order valence-corrected chi connectivity index (χ0v) is 18.7. The van der Waals surface area contributed by atoms with E-state index in [9.17, 15) is 9.90 Å². The van der Waals surface area contributed by atoms with Crippen LogP contribution in [0.4, 0.5) is 11.6 Å². The molecule has 5 heterocycles. The van der Waals surface area contributed by atoms with E-state index in [0.29, 0.717) is 22.5 Å². The maximum atomic E-state index is 11.5. The molecule has 0 spiro atoms. The molecule has 2 aliphatic rings. The number of pyridine rings is 1. The van der Waals surface area contributed by atoms with Crippen molar-refractivity contribution in [1.29, 1.82) is 5.26 Å². The molecule has 2 fully saturated rings. The normalized spacial score (nSPS) is 17.3. The van der Waals surface area contributed by atoms with E-state index in [2.05, 4.69) is 35.9 Å². The van der Waals surface area contributed by atoms with E-state index in [4.69, 9.17) is 15.2 Å². The fourth-order valence-corrected chi connectivity index (χ4v) is 4.15. The number of nitriles is 1. The number of aromatic hydroxyl groups is 1. The zero-order valence-electron chi connectivity index (χ0n) is 18.7. The Bertz CT molecular complexity index is 1610. The number of aromatic amines is 2. The Labute approximate surface area is 198 Å². The summed E-state index contributed by atoms with van der Waals surface area (Å²) in [6, 6.07) is 8.02. The van der Waals surface area contributed by atoms with E-state index in [1.165, 1.54) is 0 Å². The Hall–Kier alpha value is -4.66. The van der Waals surface area contributed by atoms with E-state index < -0.39 is 5.69 Å². The molecule has 176 valence electrons. The molecule has 35 heavy (non-hydrogen) atoms. The smallest absolute Gasteiger partial charge is 0.326 e. The van der Waals surface area contributed by atoms with Crippen LogP contribution in [0.5, 0.6) is 5.88 Å². The van der Waals surface area contributed by atoms with Crippen LogP contribution in [0.1, 0.15) is 24.1 Å². The lowest BCUT2D eigenvalue weighted by Crippen LogP contribution is -2.47. The van der Waals surface area contributed by atoms with Gasteiger partial charge in [-0.3, -0.25) is 9.98 Å². The van der Waals surface area contributed by atoms with Crippen LogP contribution in [0.2, 0.25) is 0 Å². The molecule has 12 heteroatoms. The van der Waals surface area contributed by atoms with Crippen LogP contribution in [-0.2, 0) is 0 Å². The van der Waals surface area contributed by atoms with E-state index in [1.807, 2.05) is 12.1 Å². The summed E-state index contributed by atoms with van der Waals surface area (Å²) in [5.74, 6) is 1.41. The van der Waals surface area contributed by atoms with Crippen molar-refractivity contribution in [3.05, 3.63) is 63.0 Å². The molecule has 1 saturated carbocycles. The van der Waals surface area contributed by atoms with E-state index in [1.54, 1.807) is 29.1 Å². The van der Waals surface area contributed by atoms with Gasteiger partial charge in [-0.05, 0) is 31.1 Å². The van der Waals surface area contributed by atoms with Crippen LogP contribution >= 0.6 is 0 Å². The van der Waals surface area contributed by atoms with Crippen molar-refractivity contribution in [2.24, 2.45) is 4.99 Å². The number of anilines is 2. The average molecular weight is 470 g/mol. The number of nitrogens with zero attached hydrogens (tertiary/aromatic N) is 8. The van der Waals surface area contributed by atoms with Gasteiger partial charge in [-0.1, -0.05) is 0 Å². The summed E-state index contributed by atoms with van der Waals surface area (Å²) in [5, 5.41) is 24.1. The minimum Gasteiger partial charge on any atom is -0.493 e. The second-order valence-corrected chi connectivity index (χ2v) is 8.64. The number of fused-ring (bicyclic) bond motifs is 1. The van der Waals surface area contributed by atoms with Gasteiger partial charge in [-0.25, -0.2) is 14.8 Å². The summed E-state index contributed by atoms with van der Waals surface area (Å²) >= 11 is 0. The third-order valence-corrected chi connectivity index (χ3v) is 6.17. The summed E-state index contributed by atoms with van der Waals surface area (Å²) in [4.78, 5) is 34.9. The van der Waals surface area contributed by atoms with Gasteiger partial charge in [0.05, 0.1) is 17.8 Å². The van der Waals surface area contributed by atoms with Gasteiger partial charge in [0.1, 0.15) is 23.4 Å². The van der Waals surface area contributed by atoms with Crippen LogP contribution in [0, 0.1) is 11.3 Å². The maximum Gasteiger partial charge on any atom is 0.326 e. The molecule has 4 aromatic rings. The Balaban J connectivity index is 1.34. The average Bonchev–Trinajstić information content (AvgIpc) is 3.52. The summed E-state index contributed by atoms with van der Waals surface area (Å²) in [6.07, 6.45) is 7.01. The van der Waals surface area contributed by atoms with Gasteiger partial charge in [0, 0.05) is 43.7 Å². The van der Waals surface area contributed by atoms with E-state index >= 15 is 0 Å². The minimum absolute atomic E-state index is 0.235. The predicted molar refractivity (Wildman–Crippen MR) is 127 cm³/mol. The SMILES string of the molecule is N#Cc1ccc(N2CCN(c3cc(=NC4CC4)n4nc/c(=C\c5[nH]c(=O)[nH]c5O)c4n3)CC2)nc1. The first kappa shape index (κ1) is 20.9. The summed E-state index contributed by atoms with van der Waals surface area (Å²) in [5.41, 5.74) is 1.65. The molecule has 4 aromatic heterocycles. The van der Waals surface area contributed by atoms with Gasteiger partial charge < -0.3 is 19.9 Å². The van der Waals surface area contributed by atoms with Crippen molar-refractivity contribution in [2.75, 3.05) is 36.0 Å². The fraction of sp³-hybridized carbons (Fsp3) is 0.304. The molecular weight excluding hydrogens is 448 g/mol. The molecule has 3 N–H and O–H groups in total. The van der Waals surface area contributed by atoms with Gasteiger partial charge in [0.25, 0.3) is 0 Å². The minimum atomic E-state index is -0.488. The number of aromatic nitrogens is 6. The van der Waals surface area contributed by atoms with Gasteiger partial charge >= 0.3 is 5.69 Å². The van der Waals surface area contributed by atoms with Gasteiger partial charge in [0.15, 0.2) is 11.1 Å². The summed E-state index contributed by atoms with van der Waals surface area (Å²) < 4.78 is 1.70. The fourth-order valence-electron chi connectivity index (χ4n) is 4.15. The first-order valence-corrected chi connectivity index (χ1v) is 11.4. The Morgan fingerprint density at radius 3 is 2.51 bits per heavy atom. The highest BCUT2D eigenvalue weighted by molar-refractivity contribution is 5.58. The molecule has 0 atom stereocenters. The molecular formula is C23H22N10O2. The van der Waals surface area contributed by atoms with Crippen LogP contribution in [0.3, 0.4) is 0 Å². The van der Waals surface area contributed by atoms with Crippen LogP contribution in [-0.4, -0.2) is 66.9 Å². The summed E-state index contributed by atoms with van der Waals surface area (Å²) in [7, 11) is 0. The third kappa shape index (κ3) is 4.08. The number of piperazine rings is 1. The maximum absolute atomic E-state index is 11.5. The van der Waals surface area contributed by atoms with Gasteiger partial charge in [0.2, 0.25) is 5.88 Å². The lowest BCUT2D eigenvalue weighted by atomic mass is 10.2. The Morgan fingerprint density at radius 2 is 1.89 bits per heavy atom. The molecule has 0 radical (unpaired) electrons. The number of hydrogen-bond donors (Lipinski definition) is 3.